The van der Waals surface area contributed by atoms with Crippen LogP contribution in [0.25, 0.3) is 0 Å². The van der Waals surface area contributed by atoms with E-state index in [1.165, 1.54) is 18.2 Å². The SMILES string of the molecule is O=C(c1cccc(OC(F)(F)F)c1)c1ccc(Cl)cc1F. The largest absolute Gasteiger partial charge is 0.573 e. The van der Waals surface area contributed by atoms with Crippen molar-refractivity contribution in [3.63, 3.8) is 0 Å². The Labute approximate surface area is 121 Å². The fourth-order valence-electron chi connectivity index (χ4n) is 1.66. The molecule has 2 nitrogen and oxygen atoms in total. The van der Waals surface area contributed by atoms with E-state index >= 15 is 0 Å². The maximum Gasteiger partial charge on any atom is 0.573 e. The molecule has 0 aliphatic carbocycles. The Kier molecular flexibility index (Phi) is 4.18. The molecule has 0 spiro atoms. The summed E-state index contributed by atoms with van der Waals surface area (Å²) in [6.45, 7) is 0. The van der Waals surface area contributed by atoms with Gasteiger partial charge in [-0.2, -0.15) is 0 Å². The van der Waals surface area contributed by atoms with Gasteiger partial charge in [-0.3, -0.25) is 4.79 Å². The van der Waals surface area contributed by atoms with Crippen LogP contribution in [0.5, 0.6) is 5.75 Å². The van der Waals surface area contributed by atoms with Crippen molar-refractivity contribution in [3.05, 3.63) is 64.4 Å². The van der Waals surface area contributed by atoms with Gasteiger partial charge in [0.05, 0.1) is 5.56 Å². The Morgan fingerprint density at radius 3 is 2.43 bits per heavy atom. The van der Waals surface area contributed by atoms with Gasteiger partial charge in [0.1, 0.15) is 11.6 Å². The van der Waals surface area contributed by atoms with E-state index in [2.05, 4.69) is 4.74 Å². The van der Waals surface area contributed by atoms with Gasteiger partial charge in [0.25, 0.3) is 0 Å². The summed E-state index contributed by atoms with van der Waals surface area (Å²) in [6.07, 6.45) is -4.87. The molecule has 2 aromatic carbocycles. The van der Waals surface area contributed by atoms with Crippen LogP contribution in [0.4, 0.5) is 17.6 Å². The molecule has 0 unspecified atom stereocenters. The summed E-state index contributed by atoms with van der Waals surface area (Å²) >= 11 is 5.57. The van der Waals surface area contributed by atoms with Crippen LogP contribution in [0.1, 0.15) is 15.9 Å². The minimum atomic E-state index is -4.87. The molecular formula is C14H7ClF4O2. The molecule has 2 aromatic rings. The summed E-state index contributed by atoms with van der Waals surface area (Å²) < 4.78 is 53.7. The van der Waals surface area contributed by atoms with E-state index in [1.54, 1.807) is 0 Å². The number of ether oxygens (including phenoxy) is 1. The second-order valence-electron chi connectivity index (χ2n) is 4.03. The van der Waals surface area contributed by atoms with Gasteiger partial charge in [0.15, 0.2) is 5.78 Å². The van der Waals surface area contributed by atoms with Crippen molar-refractivity contribution in [1.29, 1.82) is 0 Å². The van der Waals surface area contributed by atoms with Crippen molar-refractivity contribution >= 4 is 17.4 Å². The zero-order valence-electron chi connectivity index (χ0n) is 10.2. The summed E-state index contributed by atoms with van der Waals surface area (Å²) in [5, 5.41) is 0.109. The van der Waals surface area contributed by atoms with Gasteiger partial charge in [-0.25, -0.2) is 4.39 Å². The molecule has 0 heterocycles. The maximum absolute atomic E-state index is 13.6. The normalized spacial score (nSPS) is 11.3. The topological polar surface area (TPSA) is 26.3 Å². The van der Waals surface area contributed by atoms with E-state index in [0.29, 0.717) is 0 Å². The van der Waals surface area contributed by atoms with Gasteiger partial charge in [-0.15, -0.1) is 13.2 Å². The predicted molar refractivity (Wildman–Crippen MR) is 68.0 cm³/mol. The summed E-state index contributed by atoms with van der Waals surface area (Å²) in [4.78, 5) is 12.1. The monoisotopic (exact) mass is 318 g/mol. The standard InChI is InChI=1S/C14H7ClF4O2/c15-9-4-5-11(12(16)7-9)13(20)8-2-1-3-10(6-8)21-14(17,18)19/h1-7H. The number of halogens is 5. The number of hydrogen-bond donors (Lipinski definition) is 0. The highest BCUT2D eigenvalue weighted by Crippen LogP contribution is 2.25. The van der Waals surface area contributed by atoms with Crippen molar-refractivity contribution in [1.82, 2.24) is 0 Å². The highest BCUT2D eigenvalue weighted by Gasteiger charge is 2.31. The zero-order chi connectivity index (χ0) is 15.6. The van der Waals surface area contributed by atoms with Crippen molar-refractivity contribution in [2.24, 2.45) is 0 Å². The number of rotatable bonds is 3. The summed E-state index contributed by atoms with van der Waals surface area (Å²) in [6, 6.07) is 7.84. The van der Waals surface area contributed by atoms with Crippen molar-refractivity contribution < 1.29 is 27.1 Å². The lowest BCUT2D eigenvalue weighted by molar-refractivity contribution is -0.274. The minimum absolute atomic E-state index is 0.109. The third-order valence-corrected chi connectivity index (χ3v) is 2.74. The summed E-state index contributed by atoms with van der Waals surface area (Å²) in [5.74, 6) is -2.17. The highest BCUT2D eigenvalue weighted by atomic mass is 35.5. The van der Waals surface area contributed by atoms with Gasteiger partial charge in [0.2, 0.25) is 0 Å². The Morgan fingerprint density at radius 2 is 1.81 bits per heavy atom. The molecule has 0 fully saturated rings. The van der Waals surface area contributed by atoms with Crippen LogP contribution in [0, 0.1) is 5.82 Å². The van der Waals surface area contributed by atoms with Gasteiger partial charge < -0.3 is 4.74 Å². The molecule has 0 bridgehead atoms. The van der Waals surface area contributed by atoms with Crippen molar-refractivity contribution in [2.75, 3.05) is 0 Å². The van der Waals surface area contributed by atoms with Crippen molar-refractivity contribution in [2.45, 2.75) is 6.36 Å². The van der Waals surface area contributed by atoms with Crippen LogP contribution < -0.4 is 4.74 Å². The number of hydrogen-bond acceptors (Lipinski definition) is 2. The average molecular weight is 319 g/mol. The van der Waals surface area contributed by atoms with Gasteiger partial charge in [0, 0.05) is 10.6 Å². The zero-order valence-corrected chi connectivity index (χ0v) is 11.0. The molecule has 0 amide bonds. The number of alkyl halides is 3. The maximum atomic E-state index is 13.6. The Hall–Kier alpha value is -2.08. The Morgan fingerprint density at radius 1 is 1.10 bits per heavy atom. The first-order chi connectivity index (χ1) is 9.76. The van der Waals surface area contributed by atoms with Gasteiger partial charge in [-0.1, -0.05) is 23.7 Å². The molecule has 0 saturated carbocycles. The lowest BCUT2D eigenvalue weighted by Crippen LogP contribution is -2.17. The number of ketones is 1. The lowest BCUT2D eigenvalue weighted by atomic mass is 10.0. The van der Waals surface area contributed by atoms with E-state index in [0.717, 1.165) is 24.3 Å². The molecule has 110 valence electrons. The first-order valence-electron chi connectivity index (χ1n) is 5.62. The van der Waals surface area contributed by atoms with Gasteiger partial charge >= 0.3 is 6.36 Å². The number of benzene rings is 2. The van der Waals surface area contributed by atoms with E-state index in [4.69, 9.17) is 11.6 Å². The second-order valence-corrected chi connectivity index (χ2v) is 4.47. The molecule has 0 aliphatic rings. The van der Waals surface area contributed by atoms with Crippen LogP contribution in [0.2, 0.25) is 5.02 Å². The predicted octanol–water partition coefficient (Wildman–Crippen LogP) is 4.61. The minimum Gasteiger partial charge on any atom is -0.406 e. The smallest absolute Gasteiger partial charge is 0.406 e. The van der Waals surface area contributed by atoms with Crippen LogP contribution in [-0.2, 0) is 0 Å². The first kappa shape index (κ1) is 15.3. The van der Waals surface area contributed by atoms with Crippen LogP contribution in [-0.4, -0.2) is 12.1 Å². The second kappa shape index (κ2) is 5.73. The summed E-state index contributed by atoms with van der Waals surface area (Å²) in [7, 11) is 0. The van der Waals surface area contributed by atoms with E-state index in [-0.39, 0.29) is 16.1 Å². The molecule has 0 atom stereocenters. The molecule has 0 aromatic heterocycles. The van der Waals surface area contributed by atoms with E-state index in [9.17, 15) is 22.4 Å². The Bertz CT molecular complexity index is 683. The molecule has 0 aliphatic heterocycles. The van der Waals surface area contributed by atoms with Crippen molar-refractivity contribution in [3.8, 4) is 5.75 Å². The fraction of sp³-hybridized carbons (Fsp3) is 0.0714. The van der Waals surface area contributed by atoms with E-state index < -0.39 is 23.7 Å². The average Bonchev–Trinajstić information content (AvgIpc) is 2.36. The molecule has 0 N–H and O–H groups in total. The number of carbonyl (C=O) groups is 1. The molecule has 21 heavy (non-hydrogen) atoms. The van der Waals surface area contributed by atoms with Crippen LogP contribution in [0.3, 0.4) is 0 Å². The highest BCUT2D eigenvalue weighted by molar-refractivity contribution is 6.30. The lowest BCUT2D eigenvalue weighted by Gasteiger charge is -2.10. The third kappa shape index (κ3) is 3.95. The third-order valence-electron chi connectivity index (χ3n) is 2.51. The van der Waals surface area contributed by atoms with Gasteiger partial charge in [-0.05, 0) is 30.3 Å². The molecular weight excluding hydrogens is 312 g/mol. The van der Waals surface area contributed by atoms with Crippen LogP contribution >= 0.6 is 11.6 Å². The molecule has 0 radical (unpaired) electrons. The number of carbonyl (C=O) groups excluding carboxylic acids is 1. The van der Waals surface area contributed by atoms with E-state index in [1.807, 2.05) is 0 Å². The molecule has 7 heteroatoms. The first-order valence-corrected chi connectivity index (χ1v) is 5.99. The summed E-state index contributed by atoms with van der Waals surface area (Å²) in [5.41, 5.74) is -0.415. The molecule has 2 rings (SSSR count). The molecule has 0 saturated heterocycles. The van der Waals surface area contributed by atoms with Crippen LogP contribution in [0.15, 0.2) is 42.5 Å². The quantitative estimate of drug-likeness (QED) is 0.610. The fourth-order valence-corrected chi connectivity index (χ4v) is 1.82. The Balaban J connectivity index is 2.33.